The standard InChI is InChI=1S/C10H13N3O2/c1-6-11-8(4-9(14)12-6)7-3-10(15)13(2)5-7/h4,7H,3,5H2,1-2H3,(H,11,12,14)/t7-/m1/s1. The third-order valence-corrected chi connectivity index (χ3v) is 2.64. The number of H-pyrrole nitrogens is 1. The van der Waals surface area contributed by atoms with E-state index in [2.05, 4.69) is 9.97 Å². The molecule has 1 aromatic heterocycles. The van der Waals surface area contributed by atoms with Crippen molar-refractivity contribution in [1.29, 1.82) is 0 Å². The highest BCUT2D eigenvalue weighted by atomic mass is 16.2. The van der Waals surface area contributed by atoms with E-state index in [1.165, 1.54) is 6.07 Å². The summed E-state index contributed by atoms with van der Waals surface area (Å²) in [5.41, 5.74) is 0.563. The zero-order chi connectivity index (χ0) is 11.0. The number of carbonyl (C=O) groups excluding carboxylic acids is 1. The van der Waals surface area contributed by atoms with Gasteiger partial charge in [0.2, 0.25) is 5.91 Å². The van der Waals surface area contributed by atoms with E-state index >= 15 is 0 Å². The fourth-order valence-electron chi connectivity index (χ4n) is 1.87. The number of nitrogens with one attached hydrogen (secondary N) is 1. The van der Waals surface area contributed by atoms with Crippen molar-refractivity contribution in [1.82, 2.24) is 14.9 Å². The second-order valence-electron chi connectivity index (χ2n) is 3.93. The molecule has 1 aliphatic heterocycles. The van der Waals surface area contributed by atoms with Crippen LogP contribution in [0.15, 0.2) is 10.9 Å². The van der Waals surface area contributed by atoms with E-state index in [0.29, 0.717) is 24.5 Å². The number of hydrogen-bond donors (Lipinski definition) is 1. The number of nitrogens with zero attached hydrogens (tertiary/aromatic N) is 2. The topological polar surface area (TPSA) is 66.1 Å². The minimum Gasteiger partial charge on any atom is -0.345 e. The third-order valence-electron chi connectivity index (χ3n) is 2.64. The Bertz CT molecular complexity index is 452. The predicted octanol–water partition coefficient (Wildman–Crippen LogP) is 0.0240. The van der Waals surface area contributed by atoms with Crippen molar-refractivity contribution in [3.05, 3.63) is 27.9 Å². The molecule has 1 fully saturated rings. The fourth-order valence-corrected chi connectivity index (χ4v) is 1.87. The first-order valence-corrected chi connectivity index (χ1v) is 4.88. The lowest BCUT2D eigenvalue weighted by Crippen LogP contribution is -2.19. The van der Waals surface area contributed by atoms with Gasteiger partial charge in [-0.25, -0.2) is 4.98 Å². The lowest BCUT2D eigenvalue weighted by Gasteiger charge is -2.09. The van der Waals surface area contributed by atoms with Gasteiger partial charge in [0, 0.05) is 32.0 Å². The Kier molecular flexibility index (Phi) is 2.30. The summed E-state index contributed by atoms with van der Waals surface area (Å²) >= 11 is 0. The van der Waals surface area contributed by atoms with E-state index in [9.17, 15) is 9.59 Å². The number of aromatic amines is 1. The monoisotopic (exact) mass is 207 g/mol. The summed E-state index contributed by atoms with van der Waals surface area (Å²) in [6.07, 6.45) is 0.451. The maximum atomic E-state index is 11.3. The fraction of sp³-hybridized carbons (Fsp3) is 0.500. The van der Waals surface area contributed by atoms with Crippen LogP contribution in [-0.4, -0.2) is 34.4 Å². The number of hydrogen-bond acceptors (Lipinski definition) is 3. The van der Waals surface area contributed by atoms with Crippen molar-refractivity contribution in [3.63, 3.8) is 0 Å². The number of likely N-dealkylation sites (N-methyl/N-ethyl adjacent to an activating group) is 1. The van der Waals surface area contributed by atoms with Crippen LogP contribution in [0.5, 0.6) is 0 Å². The van der Waals surface area contributed by atoms with Gasteiger partial charge in [-0.05, 0) is 6.92 Å². The van der Waals surface area contributed by atoms with Crippen LogP contribution >= 0.6 is 0 Å². The number of amides is 1. The molecule has 0 radical (unpaired) electrons. The van der Waals surface area contributed by atoms with E-state index in [1.54, 1.807) is 18.9 Å². The van der Waals surface area contributed by atoms with Crippen LogP contribution in [0.2, 0.25) is 0 Å². The molecule has 1 amide bonds. The second kappa shape index (κ2) is 3.49. The van der Waals surface area contributed by atoms with Crippen LogP contribution in [0.25, 0.3) is 0 Å². The Morgan fingerprint density at radius 1 is 1.53 bits per heavy atom. The average Bonchev–Trinajstić information content (AvgIpc) is 2.45. The van der Waals surface area contributed by atoms with Gasteiger partial charge in [0.15, 0.2) is 0 Å². The van der Waals surface area contributed by atoms with E-state index in [1.807, 2.05) is 0 Å². The molecule has 0 bridgehead atoms. The molecule has 1 atom stereocenters. The molecule has 1 aromatic rings. The quantitative estimate of drug-likeness (QED) is 0.706. The molecule has 0 saturated carbocycles. The molecule has 5 nitrogen and oxygen atoms in total. The summed E-state index contributed by atoms with van der Waals surface area (Å²) in [7, 11) is 1.77. The number of likely N-dealkylation sites (tertiary alicyclic amines) is 1. The van der Waals surface area contributed by atoms with Crippen molar-refractivity contribution in [2.24, 2.45) is 0 Å². The number of carbonyl (C=O) groups is 1. The largest absolute Gasteiger partial charge is 0.345 e. The van der Waals surface area contributed by atoms with Crippen LogP contribution in [0.3, 0.4) is 0 Å². The predicted molar refractivity (Wildman–Crippen MR) is 54.6 cm³/mol. The molecule has 2 rings (SSSR count). The highest BCUT2D eigenvalue weighted by Gasteiger charge is 2.29. The zero-order valence-corrected chi connectivity index (χ0v) is 8.78. The molecule has 1 N–H and O–H groups in total. The molecule has 15 heavy (non-hydrogen) atoms. The van der Waals surface area contributed by atoms with E-state index < -0.39 is 0 Å². The third kappa shape index (κ3) is 1.91. The van der Waals surface area contributed by atoms with E-state index in [-0.39, 0.29) is 17.4 Å². The van der Waals surface area contributed by atoms with Crippen LogP contribution in [0, 0.1) is 6.92 Å². The van der Waals surface area contributed by atoms with Crippen LogP contribution < -0.4 is 5.56 Å². The van der Waals surface area contributed by atoms with Crippen LogP contribution in [-0.2, 0) is 4.79 Å². The molecular formula is C10H13N3O2. The summed E-state index contributed by atoms with van der Waals surface area (Å²) in [6.45, 7) is 2.39. The van der Waals surface area contributed by atoms with E-state index in [0.717, 1.165) is 0 Å². The van der Waals surface area contributed by atoms with Crippen molar-refractivity contribution < 1.29 is 4.79 Å². The van der Waals surface area contributed by atoms with Crippen molar-refractivity contribution in [2.75, 3.05) is 13.6 Å². The lowest BCUT2D eigenvalue weighted by atomic mass is 10.0. The molecule has 0 aromatic carbocycles. The van der Waals surface area contributed by atoms with Gasteiger partial charge in [-0.15, -0.1) is 0 Å². The minimum atomic E-state index is -0.153. The molecule has 1 saturated heterocycles. The SMILES string of the molecule is Cc1nc([C@@H]2CC(=O)N(C)C2)cc(=O)[nH]1. The first-order valence-electron chi connectivity index (χ1n) is 4.88. The summed E-state index contributed by atoms with van der Waals surface area (Å²) in [5, 5.41) is 0. The Hall–Kier alpha value is -1.65. The molecule has 1 aliphatic rings. The second-order valence-corrected chi connectivity index (χ2v) is 3.93. The molecule has 0 spiro atoms. The number of rotatable bonds is 1. The maximum absolute atomic E-state index is 11.3. The lowest BCUT2D eigenvalue weighted by molar-refractivity contribution is -0.126. The molecule has 0 aliphatic carbocycles. The highest BCUT2D eigenvalue weighted by Crippen LogP contribution is 2.24. The van der Waals surface area contributed by atoms with Gasteiger partial charge < -0.3 is 9.88 Å². The van der Waals surface area contributed by atoms with Gasteiger partial charge in [-0.3, -0.25) is 9.59 Å². The first-order chi connectivity index (χ1) is 7.06. The summed E-state index contributed by atoms with van der Waals surface area (Å²) in [6, 6.07) is 1.48. The molecule has 80 valence electrons. The average molecular weight is 207 g/mol. The Morgan fingerprint density at radius 3 is 2.80 bits per heavy atom. The highest BCUT2D eigenvalue weighted by molar-refractivity contribution is 5.79. The van der Waals surface area contributed by atoms with Gasteiger partial charge in [0.1, 0.15) is 5.82 Å². The van der Waals surface area contributed by atoms with Crippen molar-refractivity contribution >= 4 is 5.91 Å². The Morgan fingerprint density at radius 2 is 2.27 bits per heavy atom. The first kappa shape index (κ1) is 9.89. The van der Waals surface area contributed by atoms with Crippen molar-refractivity contribution in [2.45, 2.75) is 19.3 Å². The molecular weight excluding hydrogens is 194 g/mol. The van der Waals surface area contributed by atoms with Gasteiger partial charge in [-0.2, -0.15) is 0 Å². The van der Waals surface area contributed by atoms with Gasteiger partial charge in [0.05, 0.1) is 5.69 Å². The molecule has 2 heterocycles. The van der Waals surface area contributed by atoms with Crippen molar-refractivity contribution in [3.8, 4) is 0 Å². The normalized spacial score (nSPS) is 21.1. The maximum Gasteiger partial charge on any atom is 0.251 e. The number of aromatic nitrogens is 2. The Balaban J connectivity index is 2.31. The summed E-state index contributed by atoms with van der Waals surface area (Å²) in [5.74, 6) is 0.766. The van der Waals surface area contributed by atoms with E-state index in [4.69, 9.17) is 0 Å². The van der Waals surface area contributed by atoms with Crippen LogP contribution in [0.4, 0.5) is 0 Å². The molecule has 5 heteroatoms. The van der Waals surface area contributed by atoms with Gasteiger partial charge >= 0.3 is 0 Å². The zero-order valence-electron chi connectivity index (χ0n) is 8.78. The molecule has 0 unspecified atom stereocenters. The number of aryl methyl sites for hydroxylation is 1. The summed E-state index contributed by atoms with van der Waals surface area (Å²) < 4.78 is 0. The minimum absolute atomic E-state index is 0.0588. The smallest absolute Gasteiger partial charge is 0.251 e. The van der Waals surface area contributed by atoms with Crippen LogP contribution in [0.1, 0.15) is 23.9 Å². The Labute approximate surface area is 87.1 Å². The van der Waals surface area contributed by atoms with Gasteiger partial charge in [0.25, 0.3) is 5.56 Å². The summed E-state index contributed by atoms with van der Waals surface area (Å²) in [4.78, 5) is 31.1. The van der Waals surface area contributed by atoms with Gasteiger partial charge in [-0.1, -0.05) is 0 Å².